The SMILES string of the molecule is CC(=O)Nc1ccc(S(=O)(=O)O)c2c1C(=O)C(N=Nc1ccc(N=Nc3ccc(S(=O)(=O)O)cc3)c3ccc(S(=O)(=O)O)cc13)=C(S(=O)(=O)O)C2. The van der Waals surface area contributed by atoms with Gasteiger partial charge in [-0.25, -0.2) is 0 Å². The number of ketones is 1. The van der Waals surface area contributed by atoms with Crippen molar-refractivity contribution in [1.82, 2.24) is 0 Å². The second-order valence-corrected chi connectivity index (χ2v) is 16.2. The standard InChI is InChI=1S/C28H21N5O14S4/c1-14(34)29-23-10-11-24(50(42,43)44)20-13-25(51(45,46)47)27(28(35)26(20)23)33-32-22-9-8-21(18-7-6-17(12-19(18)22)49(39,40)41)31-30-15-2-4-16(5-3-15)48(36,37)38/h2-12H,13H2,1H3,(H,29,34)(H,36,37,38)(H,39,40,41)(H,42,43,44)(H,45,46,47). The number of nitrogens with one attached hydrogen (secondary N) is 1. The van der Waals surface area contributed by atoms with E-state index in [1.807, 2.05) is 0 Å². The first-order valence-electron chi connectivity index (χ1n) is 13.7. The van der Waals surface area contributed by atoms with Crippen molar-refractivity contribution in [3.8, 4) is 0 Å². The minimum absolute atomic E-state index is 0.0582. The zero-order valence-corrected chi connectivity index (χ0v) is 28.6. The lowest BCUT2D eigenvalue weighted by molar-refractivity contribution is -0.114. The van der Waals surface area contributed by atoms with Crippen molar-refractivity contribution in [3.05, 3.63) is 88.5 Å². The molecule has 0 unspecified atom stereocenters. The predicted molar refractivity (Wildman–Crippen MR) is 176 cm³/mol. The third-order valence-corrected chi connectivity index (χ3v) is 10.7. The van der Waals surface area contributed by atoms with E-state index in [1.54, 1.807) is 0 Å². The average molecular weight is 780 g/mol. The Hall–Kier alpha value is -5.14. The number of hydrogen-bond acceptors (Lipinski definition) is 14. The van der Waals surface area contributed by atoms with E-state index < -0.39 is 95.0 Å². The van der Waals surface area contributed by atoms with Crippen LogP contribution in [-0.4, -0.2) is 63.6 Å². The summed E-state index contributed by atoms with van der Waals surface area (Å²) in [5.41, 5.74) is -2.54. The molecule has 0 atom stereocenters. The Morgan fingerprint density at radius 2 is 1.22 bits per heavy atom. The molecule has 19 nitrogen and oxygen atoms in total. The second-order valence-electron chi connectivity index (χ2n) is 10.5. The number of amides is 1. The van der Waals surface area contributed by atoms with Gasteiger partial charge in [0, 0.05) is 24.1 Å². The number of hydrogen-bond donors (Lipinski definition) is 5. The summed E-state index contributed by atoms with van der Waals surface area (Å²) in [5, 5.41) is 18.0. The van der Waals surface area contributed by atoms with Gasteiger partial charge in [-0.3, -0.25) is 27.8 Å². The lowest BCUT2D eigenvalue weighted by atomic mass is 9.91. The maximum atomic E-state index is 13.8. The van der Waals surface area contributed by atoms with Crippen molar-refractivity contribution in [2.24, 2.45) is 20.5 Å². The largest absolute Gasteiger partial charge is 0.326 e. The minimum atomic E-state index is -5.32. The van der Waals surface area contributed by atoms with Gasteiger partial charge in [0.25, 0.3) is 40.5 Å². The summed E-state index contributed by atoms with van der Waals surface area (Å²) in [6, 6.07) is 12.0. The number of nitrogens with zero attached hydrogens (tertiary/aromatic N) is 4. The summed E-state index contributed by atoms with van der Waals surface area (Å²) in [6.07, 6.45) is -1.00. The molecule has 0 bridgehead atoms. The predicted octanol–water partition coefficient (Wildman–Crippen LogP) is 4.58. The molecule has 0 radical (unpaired) electrons. The summed E-state index contributed by atoms with van der Waals surface area (Å²) in [6.45, 7) is 1.06. The molecule has 0 aromatic heterocycles. The fourth-order valence-corrected chi connectivity index (χ4v) is 7.35. The van der Waals surface area contributed by atoms with Crippen molar-refractivity contribution in [2.75, 3.05) is 5.32 Å². The molecule has 1 aliphatic carbocycles. The quantitative estimate of drug-likeness (QED) is 0.115. The van der Waals surface area contributed by atoms with Gasteiger partial charge < -0.3 is 5.32 Å². The van der Waals surface area contributed by atoms with Gasteiger partial charge in [0.15, 0.2) is 5.70 Å². The zero-order chi connectivity index (χ0) is 37.7. The Morgan fingerprint density at radius 1 is 0.647 bits per heavy atom. The fourth-order valence-electron chi connectivity index (χ4n) is 4.93. The molecule has 5 N–H and O–H groups in total. The summed E-state index contributed by atoms with van der Waals surface area (Å²) in [7, 11) is -19.7. The van der Waals surface area contributed by atoms with E-state index in [-0.39, 0.29) is 33.5 Å². The highest BCUT2D eigenvalue weighted by atomic mass is 32.2. The van der Waals surface area contributed by atoms with Crippen molar-refractivity contribution in [2.45, 2.75) is 28.0 Å². The topological polar surface area (TPSA) is 313 Å². The van der Waals surface area contributed by atoms with Crippen LogP contribution in [0.15, 0.2) is 112 Å². The average Bonchev–Trinajstić information content (AvgIpc) is 3.01. The molecule has 0 fully saturated rings. The molecule has 0 heterocycles. The highest BCUT2D eigenvalue weighted by Crippen LogP contribution is 2.40. The maximum absolute atomic E-state index is 13.8. The highest BCUT2D eigenvalue weighted by Gasteiger charge is 2.38. The number of allylic oxidation sites excluding steroid dienone is 2. The van der Waals surface area contributed by atoms with Gasteiger partial charge in [-0.05, 0) is 66.2 Å². The van der Waals surface area contributed by atoms with Crippen LogP contribution in [-0.2, 0) is 51.7 Å². The Labute approximate surface area is 288 Å². The van der Waals surface area contributed by atoms with Crippen molar-refractivity contribution in [1.29, 1.82) is 0 Å². The molecular formula is C28H21N5O14S4. The molecule has 4 aromatic rings. The fraction of sp³-hybridized carbons (Fsp3) is 0.0714. The Kier molecular flexibility index (Phi) is 9.61. The number of Topliss-reactive ketones (excluding diaryl/α,β-unsaturated/α-hetero) is 1. The van der Waals surface area contributed by atoms with E-state index in [2.05, 4.69) is 25.8 Å². The first kappa shape index (κ1) is 37.1. The van der Waals surface area contributed by atoms with Crippen LogP contribution in [0, 0.1) is 0 Å². The van der Waals surface area contributed by atoms with Crippen LogP contribution >= 0.6 is 0 Å². The Bertz CT molecular complexity index is 2730. The van der Waals surface area contributed by atoms with E-state index in [9.17, 15) is 56.9 Å². The number of carbonyl (C=O) groups is 2. The second kappa shape index (κ2) is 13.2. The van der Waals surface area contributed by atoms with Crippen LogP contribution in [0.2, 0.25) is 0 Å². The molecule has 266 valence electrons. The van der Waals surface area contributed by atoms with Gasteiger partial charge in [0.2, 0.25) is 11.7 Å². The molecule has 5 rings (SSSR count). The molecule has 23 heteroatoms. The number of benzene rings is 4. The van der Waals surface area contributed by atoms with E-state index in [1.165, 1.54) is 30.3 Å². The highest BCUT2D eigenvalue weighted by molar-refractivity contribution is 7.90. The molecule has 0 saturated carbocycles. The number of rotatable bonds is 9. The summed E-state index contributed by atoms with van der Waals surface area (Å²) >= 11 is 0. The first-order chi connectivity index (χ1) is 23.6. The summed E-state index contributed by atoms with van der Waals surface area (Å²) < 4.78 is 134. The summed E-state index contributed by atoms with van der Waals surface area (Å²) in [5.74, 6) is -2.05. The van der Waals surface area contributed by atoms with Gasteiger partial charge in [0.05, 0.1) is 43.0 Å². The van der Waals surface area contributed by atoms with Gasteiger partial charge in [-0.2, -0.15) is 38.8 Å². The normalized spacial score (nSPS) is 14.4. The van der Waals surface area contributed by atoms with Crippen LogP contribution in [0.25, 0.3) is 10.8 Å². The molecule has 1 amide bonds. The van der Waals surface area contributed by atoms with Crippen LogP contribution in [0.4, 0.5) is 22.7 Å². The lowest BCUT2D eigenvalue weighted by Crippen LogP contribution is -2.24. The van der Waals surface area contributed by atoms with Crippen LogP contribution in [0.5, 0.6) is 0 Å². The molecule has 1 aliphatic rings. The van der Waals surface area contributed by atoms with E-state index in [4.69, 9.17) is 4.55 Å². The van der Waals surface area contributed by atoms with E-state index in [0.29, 0.717) is 0 Å². The van der Waals surface area contributed by atoms with Gasteiger partial charge in [-0.1, -0.05) is 6.07 Å². The molecule has 0 spiro atoms. The number of azo groups is 2. The van der Waals surface area contributed by atoms with E-state index >= 15 is 0 Å². The van der Waals surface area contributed by atoms with Gasteiger partial charge in [0.1, 0.15) is 4.91 Å². The van der Waals surface area contributed by atoms with Crippen LogP contribution < -0.4 is 5.32 Å². The number of fused-ring (bicyclic) bond motifs is 2. The third kappa shape index (κ3) is 7.94. The molecular weight excluding hydrogens is 759 g/mol. The summed E-state index contributed by atoms with van der Waals surface area (Å²) in [4.78, 5) is 22.6. The molecule has 0 aliphatic heterocycles. The molecule has 4 aromatic carbocycles. The Balaban J connectivity index is 1.68. The third-order valence-electron chi connectivity index (χ3n) is 7.12. The smallest absolute Gasteiger partial charge is 0.294 e. The number of anilines is 1. The Morgan fingerprint density at radius 3 is 1.76 bits per heavy atom. The van der Waals surface area contributed by atoms with Gasteiger partial charge in [-0.15, -0.1) is 15.3 Å². The van der Waals surface area contributed by atoms with Gasteiger partial charge >= 0.3 is 0 Å². The van der Waals surface area contributed by atoms with Crippen LogP contribution in [0.1, 0.15) is 22.8 Å². The van der Waals surface area contributed by atoms with E-state index in [0.717, 1.165) is 43.3 Å². The van der Waals surface area contributed by atoms with Crippen molar-refractivity contribution in [3.63, 3.8) is 0 Å². The molecule has 51 heavy (non-hydrogen) atoms. The van der Waals surface area contributed by atoms with Crippen LogP contribution in [0.3, 0.4) is 0 Å². The molecule has 0 saturated heterocycles. The number of carbonyl (C=O) groups excluding carboxylic acids is 2. The first-order valence-corrected chi connectivity index (χ1v) is 19.4. The monoisotopic (exact) mass is 779 g/mol. The van der Waals surface area contributed by atoms with Crippen molar-refractivity contribution >= 4 is 85.7 Å². The van der Waals surface area contributed by atoms with Crippen molar-refractivity contribution < 1.29 is 61.5 Å². The zero-order valence-electron chi connectivity index (χ0n) is 25.4. The minimum Gasteiger partial charge on any atom is -0.326 e. The maximum Gasteiger partial charge on any atom is 0.294 e. The lowest BCUT2D eigenvalue weighted by Gasteiger charge is -2.22.